The first-order chi connectivity index (χ1) is 15.1. The third-order valence-electron chi connectivity index (χ3n) is 1.98. The Morgan fingerprint density at radius 3 is 1.47 bits per heavy atom. The maximum atomic E-state index is 10.5. The number of hydrogen-bond acceptors (Lipinski definition) is 9. The average molecular weight is 541 g/mol. The van der Waals surface area contributed by atoms with E-state index < -0.39 is 11.6 Å². The van der Waals surface area contributed by atoms with Gasteiger partial charge in [0.2, 0.25) is 0 Å². The summed E-state index contributed by atoms with van der Waals surface area (Å²) in [5, 5.41) is 18.4. The fourth-order valence-electron chi connectivity index (χ4n) is 1.11. The summed E-state index contributed by atoms with van der Waals surface area (Å²) in [6.45, 7) is 21.4. The first-order valence-electron chi connectivity index (χ1n) is 10.7. The summed E-state index contributed by atoms with van der Waals surface area (Å²) in [7, 11) is 0. The summed E-state index contributed by atoms with van der Waals surface area (Å²) in [4.78, 5) is 29.8. The second-order valence-corrected chi connectivity index (χ2v) is 7.64. The van der Waals surface area contributed by atoms with Crippen LogP contribution in [0.25, 0.3) is 0 Å². The molecule has 0 aromatic carbocycles. The van der Waals surface area contributed by atoms with Crippen LogP contribution in [0.1, 0.15) is 76.2 Å². The van der Waals surface area contributed by atoms with Gasteiger partial charge in [0.15, 0.2) is 0 Å². The van der Waals surface area contributed by atoms with E-state index in [1.54, 1.807) is 41.5 Å². The number of aliphatic hydroxyl groups excluding tert-OH is 1. The van der Waals surface area contributed by atoms with E-state index in [0.717, 1.165) is 6.26 Å². The third-order valence-corrected chi connectivity index (χ3v) is 2.20. The number of esters is 2. The Bertz CT molecular complexity index is 466. The van der Waals surface area contributed by atoms with Crippen molar-refractivity contribution in [1.82, 2.24) is 0 Å². The van der Waals surface area contributed by atoms with Gasteiger partial charge in [-0.3, -0.25) is 9.59 Å². The summed E-state index contributed by atoms with van der Waals surface area (Å²) in [5.74, 6) is -0.877. The molecular weight excluding hydrogens is 495 g/mol. The van der Waals surface area contributed by atoms with E-state index in [9.17, 15) is 19.5 Å². The summed E-state index contributed by atoms with van der Waals surface area (Å²) in [5.41, 5.74) is -0.531. The molecule has 0 unspecified atom stereocenters. The Balaban J connectivity index is -0.0000000728. The molecule has 0 saturated carbocycles. The Labute approximate surface area is 254 Å². The quantitative estimate of drug-likeness (QED) is 0.0908. The number of halogens is 1. The fourth-order valence-corrected chi connectivity index (χ4v) is 1.19. The molecule has 0 amide bonds. The van der Waals surface area contributed by atoms with Crippen molar-refractivity contribution in [2.24, 2.45) is 0 Å². The molecule has 0 aliphatic rings. The largest absolute Gasteiger partial charge is 1.00 e. The van der Waals surface area contributed by atoms with Crippen molar-refractivity contribution >= 4 is 30.0 Å². The molecule has 1 N–H and O–H groups in total. The van der Waals surface area contributed by atoms with Crippen LogP contribution in [0.15, 0.2) is 11.8 Å². The van der Waals surface area contributed by atoms with Crippen molar-refractivity contribution in [3.63, 3.8) is 0 Å². The molecule has 0 saturated heterocycles. The zero-order valence-electron chi connectivity index (χ0n) is 23.2. The van der Waals surface area contributed by atoms with E-state index in [1.165, 1.54) is 6.92 Å². The van der Waals surface area contributed by atoms with Crippen LogP contribution in [0.4, 0.5) is 0 Å². The van der Waals surface area contributed by atoms with E-state index in [-0.39, 0.29) is 68.8 Å². The third kappa shape index (κ3) is 76.9. The topological polar surface area (TPSA) is 131 Å². The molecule has 0 spiro atoms. The molecule has 0 aromatic rings. The van der Waals surface area contributed by atoms with Crippen molar-refractivity contribution < 1.29 is 94.9 Å². The summed E-state index contributed by atoms with van der Waals surface area (Å²) in [6, 6.07) is 0. The predicted octanol–water partition coefficient (Wildman–Crippen LogP) is 0.948. The minimum Gasteiger partial charge on any atom is -0.850 e. The van der Waals surface area contributed by atoms with Crippen LogP contribution in [0.3, 0.4) is 0 Å². The number of aliphatic hydroxyl groups is 1. The molecule has 0 bridgehead atoms. The maximum absolute atomic E-state index is 10.5. The van der Waals surface area contributed by atoms with Crippen molar-refractivity contribution in [3.8, 4) is 0 Å². The predicted molar refractivity (Wildman–Crippen MR) is 129 cm³/mol. The molecule has 9 nitrogen and oxygen atoms in total. The molecule has 200 valence electrons. The van der Waals surface area contributed by atoms with Gasteiger partial charge < -0.3 is 29.2 Å². The zero-order chi connectivity index (χ0) is 27.5. The molecule has 34 heavy (non-hydrogen) atoms. The molecule has 0 radical (unpaired) electrons. The number of carbonyl (C=O) groups is 3. The average Bonchev–Trinajstić information content (AvgIpc) is 2.67. The molecule has 0 aliphatic carbocycles. The molecular formula is C23H46ClKO9. The van der Waals surface area contributed by atoms with Gasteiger partial charge in [-0.1, -0.05) is 20.8 Å². The second kappa shape index (κ2) is 35.0. The summed E-state index contributed by atoms with van der Waals surface area (Å²) >= 11 is 5.06. The Morgan fingerprint density at radius 2 is 1.35 bits per heavy atom. The molecule has 0 heterocycles. The van der Waals surface area contributed by atoms with Crippen molar-refractivity contribution in [1.29, 1.82) is 0 Å². The first kappa shape index (κ1) is 47.0. The van der Waals surface area contributed by atoms with Gasteiger partial charge in [-0.15, -0.1) is 17.2 Å². The normalized spacial score (nSPS) is 9.68. The molecule has 0 aromatic heterocycles. The minimum atomic E-state index is -0.750. The minimum absolute atomic E-state index is 0. The van der Waals surface area contributed by atoms with Gasteiger partial charge in [0.1, 0.15) is 5.88 Å². The van der Waals surface area contributed by atoms with Gasteiger partial charge >= 0.3 is 63.3 Å². The van der Waals surface area contributed by atoms with Crippen molar-refractivity contribution in [3.05, 3.63) is 11.8 Å². The van der Waals surface area contributed by atoms with E-state index in [1.807, 2.05) is 27.7 Å². The standard InChI is InChI=1S/C6H10O3.C6H14O.C4H7ClO2.C4H9O.C3H6O2.K/c1-3-9-6(8)5(2)4-7;1-5(2)7-6(3)4;1-2-7-4(6)3-5;1-4(2,3)5;1-2-5-3-4;/h4,7H,3H2,1-2H3;5-6H,1-4H3;2-3H2,1H3;1-3H3;3H,2H2,1H3;/q;;;-1;;+1/b5-4-;;;;;. The van der Waals surface area contributed by atoms with E-state index in [2.05, 4.69) is 14.2 Å². The maximum Gasteiger partial charge on any atom is 1.00 e. The van der Waals surface area contributed by atoms with Crippen molar-refractivity contribution in [2.45, 2.75) is 94.0 Å². The van der Waals surface area contributed by atoms with Gasteiger partial charge in [-0.2, -0.15) is 0 Å². The first-order valence-corrected chi connectivity index (χ1v) is 11.2. The van der Waals surface area contributed by atoms with Crippen LogP contribution in [-0.4, -0.2) is 67.0 Å². The fraction of sp³-hybridized carbons (Fsp3) is 0.783. The van der Waals surface area contributed by atoms with Crippen molar-refractivity contribution in [2.75, 3.05) is 25.7 Å². The number of alkyl halides is 1. The molecule has 0 aliphatic heterocycles. The Morgan fingerprint density at radius 1 is 0.971 bits per heavy atom. The SMILES string of the molecule is CC(C)(C)[O-].CC(C)OC(C)C.CCOC(=O)/C(C)=C\O.CCOC(=O)CCl.CCOC=O.[K+]. The van der Waals surface area contributed by atoms with Crippen LogP contribution in [-0.2, 0) is 33.3 Å². The van der Waals surface area contributed by atoms with Crippen LogP contribution in [0.5, 0.6) is 0 Å². The monoisotopic (exact) mass is 540 g/mol. The van der Waals surface area contributed by atoms with Crippen LogP contribution < -0.4 is 56.5 Å². The number of ether oxygens (including phenoxy) is 4. The van der Waals surface area contributed by atoms with Crippen LogP contribution in [0, 0.1) is 0 Å². The van der Waals surface area contributed by atoms with E-state index >= 15 is 0 Å². The van der Waals surface area contributed by atoms with Gasteiger partial charge in [0.05, 0.1) is 43.9 Å². The number of rotatable bonds is 8. The molecule has 0 fully saturated rings. The number of hydrogen-bond donors (Lipinski definition) is 1. The van der Waals surface area contributed by atoms with Gasteiger partial charge in [-0.05, 0) is 55.4 Å². The van der Waals surface area contributed by atoms with Crippen LogP contribution in [0.2, 0.25) is 0 Å². The van der Waals surface area contributed by atoms with Gasteiger partial charge in [0.25, 0.3) is 6.47 Å². The smallest absolute Gasteiger partial charge is 0.850 e. The van der Waals surface area contributed by atoms with Gasteiger partial charge in [-0.25, -0.2) is 4.79 Å². The van der Waals surface area contributed by atoms with E-state index in [0.29, 0.717) is 38.5 Å². The molecule has 0 rings (SSSR count). The van der Waals surface area contributed by atoms with Gasteiger partial charge in [0, 0.05) is 0 Å². The Kier molecular flexibility index (Phi) is 48.4. The molecule has 0 atom stereocenters. The number of carbonyl (C=O) groups excluding carboxylic acids is 3. The molecule has 11 heteroatoms. The summed E-state index contributed by atoms with van der Waals surface area (Å²) < 4.78 is 18.4. The van der Waals surface area contributed by atoms with E-state index in [4.69, 9.17) is 21.4 Å². The summed E-state index contributed by atoms with van der Waals surface area (Å²) in [6.07, 6.45) is 1.48. The Hall–Kier alpha value is -0.204. The zero-order valence-corrected chi connectivity index (χ0v) is 27.1. The van der Waals surface area contributed by atoms with Crippen LogP contribution >= 0.6 is 11.6 Å². The second-order valence-electron chi connectivity index (χ2n) is 7.37.